The molecule has 0 aromatic rings. The minimum atomic E-state index is -4.67. The zero-order valence-corrected chi connectivity index (χ0v) is 23.4. The molecule has 248 valence electrons. The van der Waals surface area contributed by atoms with Crippen molar-refractivity contribution >= 4 is 10.4 Å². The van der Waals surface area contributed by atoms with Gasteiger partial charge in [0.1, 0.15) is 42.7 Å². The van der Waals surface area contributed by atoms with E-state index in [0.717, 1.165) is 0 Å². The van der Waals surface area contributed by atoms with E-state index in [1.807, 2.05) is 0 Å². The summed E-state index contributed by atoms with van der Waals surface area (Å²) in [5.74, 6) is 0. The van der Waals surface area contributed by atoms with E-state index in [0.29, 0.717) is 0 Å². The Labute approximate surface area is 241 Å². The first-order chi connectivity index (χ1) is 19.5. The molecule has 0 radical (unpaired) electrons. The molecule has 17 N–H and O–H groups in total. The van der Waals surface area contributed by atoms with Crippen molar-refractivity contribution in [2.75, 3.05) is 13.7 Å². The van der Waals surface area contributed by atoms with Crippen LogP contribution in [0.25, 0.3) is 0 Å². The van der Waals surface area contributed by atoms with Gasteiger partial charge in [0.05, 0.1) is 36.9 Å². The summed E-state index contributed by atoms with van der Waals surface area (Å²) in [4.78, 5) is 0. The highest BCUT2D eigenvalue weighted by Crippen LogP contribution is 2.35. The third-order valence-corrected chi connectivity index (χ3v) is 7.74. The molecule has 17 atom stereocenters. The molecular weight excluding hydrogens is 594 g/mol. The first-order valence-electron chi connectivity index (χ1n) is 13.2. The largest absolute Gasteiger partial charge is 0.394 e. The summed E-state index contributed by atoms with van der Waals surface area (Å²) in [6.45, 7) is -0.508. The van der Waals surface area contributed by atoms with Gasteiger partial charge in [-0.2, -0.15) is 8.42 Å². The van der Waals surface area contributed by atoms with Crippen LogP contribution in [0.5, 0.6) is 0 Å². The second-order valence-electron chi connectivity index (χ2n) is 10.7. The van der Waals surface area contributed by atoms with E-state index in [-0.39, 0.29) is 12.8 Å². The quantitative estimate of drug-likeness (QED) is 0.120. The number of likely N-dealkylation sites (N-methyl/N-ethyl adjacent to an activating group) is 1. The molecule has 4 fully saturated rings. The maximum Gasteiger partial charge on any atom is 0.394 e. The summed E-state index contributed by atoms with van der Waals surface area (Å²) in [6, 6.07) is -4.05. The molecular formula is C21H43N5O15S. The van der Waals surface area contributed by atoms with Gasteiger partial charge in [0, 0.05) is 12.1 Å². The van der Waals surface area contributed by atoms with Crippen molar-refractivity contribution in [2.45, 2.75) is 117 Å². The maximum absolute atomic E-state index is 11.1. The maximum atomic E-state index is 11.1. The summed E-state index contributed by atoms with van der Waals surface area (Å²) in [5, 5.41) is 64.7. The van der Waals surface area contributed by atoms with E-state index < -0.39 is 121 Å². The van der Waals surface area contributed by atoms with Crippen LogP contribution >= 0.6 is 0 Å². The first-order valence-corrected chi connectivity index (χ1v) is 14.6. The van der Waals surface area contributed by atoms with E-state index in [1.54, 1.807) is 7.05 Å². The minimum Gasteiger partial charge on any atom is -0.394 e. The molecule has 0 spiro atoms. The Kier molecular flexibility index (Phi) is 12.4. The van der Waals surface area contributed by atoms with Crippen molar-refractivity contribution in [3.63, 3.8) is 0 Å². The lowest BCUT2D eigenvalue weighted by Gasteiger charge is -2.51. The fourth-order valence-electron chi connectivity index (χ4n) is 5.46. The molecule has 0 bridgehead atoms. The van der Waals surface area contributed by atoms with Crippen molar-refractivity contribution in [1.29, 1.82) is 0 Å². The normalized spacial score (nSPS) is 49.9. The summed E-state index contributed by atoms with van der Waals surface area (Å²) >= 11 is 0. The van der Waals surface area contributed by atoms with E-state index in [9.17, 15) is 30.6 Å². The minimum absolute atomic E-state index is 0.156. The molecule has 1 aliphatic carbocycles. The van der Waals surface area contributed by atoms with Gasteiger partial charge in [-0.15, -0.1) is 0 Å². The van der Waals surface area contributed by atoms with Gasteiger partial charge in [-0.3, -0.25) is 9.11 Å². The van der Waals surface area contributed by atoms with Crippen LogP contribution in [-0.2, 0) is 34.1 Å². The lowest BCUT2D eigenvalue weighted by molar-refractivity contribution is -0.373. The van der Waals surface area contributed by atoms with Crippen LogP contribution in [0.1, 0.15) is 12.8 Å². The van der Waals surface area contributed by atoms with Crippen molar-refractivity contribution in [3.05, 3.63) is 0 Å². The van der Waals surface area contributed by atoms with Crippen molar-refractivity contribution in [3.8, 4) is 0 Å². The van der Waals surface area contributed by atoms with Crippen LogP contribution in [0, 0.1) is 0 Å². The van der Waals surface area contributed by atoms with Crippen LogP contribution in [-0.4, -0.2) is 166 Å². The van der Waals surface area contributed by atoms with E-state index in [2.05, 4.69) is 5.32 Å². The number of rotatable bonds is 6. The molecule has 3 heterocycles. The van der Waals surface area contributed by atoms with Gasteiger partial charge >= 0.3 is 10.4 Å². The molecule has 3 aliphatic heterocycles. The molecule has 4 aliphatic rings. The first kappa shape index (κ1) is 35.7. The number of hydrogen-bond acceptors (Lipinski definition) is 18. The molecule has 1 saturated carbocycles. The van der Waals surface area contributed by atoms with Crippen molar-refractivity contribution in [2.24, 2.45) is 22.9 Å². The number of nitrogens with one attached hydrogen (secondary N) is 1. The fraction of sp³-hybridized carbons (Fsp3) is 1.00. The van der Waals surface area contributed by atoms with Gasteiger partial charge in [-0.05, 0) is 19.9 Å². The highest BCUT2D eigenvalue weighted by atomic mass is 32.3. The Bertz CT molecular complexity index is 960. The van der Waals surface area contributed by atoms with Crippen LogP contribution in [0.3, 0.4) is 0 Å². The van der Waals surface area contributed by atoms with E-state index in [1.165, 1.54) is 0 Å². The van der Waals surface area contributed by atoms with Crippen LogP contribution < -0.4 is 28.3 Å². The van der Waals surface area contributed by atoms with Crippen molar-refractivity contribution in [1.82, 2.24) is 5.32 Å². The number of nitrogens with two attached hydrogens (primary N) is 4. The third kappa shape index (κ3) is 8.28. The van der Waals surface area contributed by atoms with Gasteiger partial charge in [0.25, 0.3) is 0 Å². The summed E-state index contributed by atoms with van der Waals surface area (Å²) < 4.78 is 60.8. The number of fused-ring (bicyclic) bond motifs is 1. The second kappa shape index (κ2) is 14.6. The van der Waals surface area contributed by atoms with Gasteiger partial charge < -0.3 is 82.6 Å². The monoisotopic (exact) mass is 637 g/mol. The lowest BCUT2D eigenvalue weighted by Crippen LogP contribution is -2.70. The zero-order chi connectivity index (χ0) is 31.7. The summed E-state index contributed by atoms with van der Waals surface area (Å²) in [7, 11) is -3.11. The number of aliphatic hydroxyl groups is 6. The van der Waals surface area contributed by atoms with Gasteiger partial charge in [-0.25, -0.2) is 0 Å². The molecule has 0 amide bonds. The molecule has 1 unspecified atom stereocenters. The highest BCUT2D eigenvalue weighted by Gasteiger charge is 2.54. The topological polar surface area (TPSA) is 358 Å². The zero-order valence-electron chi connectivity index (χ0n) is 22.6. The Balaban J connectivity index is 0.000000892. The van der Waals surface area contributed by atoms with Crippen LogP contribution in [0.15, 0.2) is 0 Å². The third-order valence-electron chi connectivity index (χ3n) is 7.74. The average Bonchev–Trinajstić information content (AvgIpc) is 2.90. The lowest BCUT2D eigenvalue weighted by atomic mass is 9.84. The van der Waals surface area contributed by atoms with Crippen LogP contribution in [0.4, 0.5) is 0 Å². The number of hydrogen-bond donors (Lipinski definition) is 13. The van der Waals surface area contributed by atoms with Gasteiger partial charge in [-0.1, -0.05) is 0 Å². The Hall–Kier alpha value is -0.770. The second-order valence-corrected chi connectivity index (χ2v) is 11.6. The Morgan fingerprint density at radius 2 is 1.38 bits per heavy atom. The van der Waals surface area contributed by atoms with E-state index in [4.69, 9.17) is 64.1 Å². The molecule has 4 rings (SSSR count). The average molecular weight is 638 g/mol. The van der Waals surface area contributed by atoms with E-state index >= 15 is 0 Å². The molecule has 42 heavy (non-hydrogen) atoms. The summed E-state index contributed by atoms with van der Waals surface area (Å²) in [6.07, 6.45) is -13.7. The Morgan fingerprint density at radius 1 is 0.762 bits per heavy atom. The molecule has 21 heteroatoms. The number of aliphatic hydroxyl groups excluding tert-OH is 6. The molecule has 0 aromatic heterocycles. The van der Waals surface area contributed by atoms with Crippen molar-refractivity contribution < 1.29 is 71.8 Å². The molecule has 3 saturated heterocycles. The fourth-order valence-corrected chi connectivity index (χ4v) is 5.46. The summed E-state index contributed by atoms with van der Waals surface area (Å²) in [5.41, 5.74) is 24.0. The Morgan fingerprint density at radius 3 is 1.95 bits per heavy atom. The number of ether oxygens (including phenoxy) is 5. The highest BCUT2D eigenvalue weighted by molar-refractivity contribution is 7.79. The standard InChI is InChI=1S/C21H41N5O11.H2O4S/c1-26-11-14(30)18-8(33-20(11)37-21-16(32)13(29)10(25)9(4-27)34-21)3-7(24)19(36-18)35-17-6(23)2-5(22)12(28)15(17)31;1-5(2,3)4/h5-21,26-32H,2-4,22-25H2,1H3;(H2,1,2,3,4)/t5-,6+,7-,8?,9-,10-,11+,12+,13+,14-,15-,16-,17-,18+,19+,20-,21-;/m1./s1. The molecule has 0 aromatic carbocycles. The van der Waals surface area contributed by atoms with Gasteiger partial charge in [0.2, 0.25) is 0 Å². The van der Waals surface area contributed by atoms with Gasteiger partial charge in [0.15, 0.2) is 18.9 Å². The predicted molar refractivity (Wildman–Crippen MR) is 137 cm³/mol. The smallest absolute Gasteiger partial charge is 0.394 e. The molecule has 20 nitrogen and oxygen atoms in total. The SMILES string of the molecule is CN[C@@H]1[C@@H](O[C@H]2O[C@H](CO)[C@@H](N)[C@H](O)[C@H]2O)OC2C[C@@H](N)[C@@H](O[C@H]3[C@H](O)[C@@H](O)[C@H](N)C[C@@H]3N)O[C@@H]2[C@@H]1O.O=S(=O)(O)O. The predicted octanol–water partition coefficient (Wildman–Crippen LogP) is -7.60. The van der Waals surface area contributed by atoms with Crippen LogP contribution in [0.2, 0.25) is 0 Å².